The van der Waals surface area contributed by atoms with E-state index >= 15 is 0 Å². The number of nitrogens with zero attached hydrogens (tertiary/aromatic N) is 2. The number of hydrogen-bond donors (Lipinski definition) is 3. The standard InChI is InChI=1S/C26H34FN5O3/c1-3-4-13-28-26(35)32-15-14-31(18-19(32)2)24(33)23(16-20-9-6-5-7-10-20)30-25(34)29-22-12-8-11-21(27)17-22/h5-12,17,19,23H,3-4,13-16,18H2,1-2H3,(H,28,35)(H2,29,30,34). The van der Waals surface area contributed by atoms with Crippen molar-refractivity contribution in [1.29, 1.82) is 0 Å². The average molecular weight is 484 g/mol. The zero-order chi connectivity index (χ0) is 25.2. The van der Waals surface area contributed by atoms with Crippen molar-refractivity contribution in [1.82, 2.24) is 20.4 Å². The summed E-state index contributed by atoms with van der Waals surface area (Å²) in [6.07, 6.45) is 2.23. The van der Waals surface area contributed by atoms with Gasteiger partial charge in [-0.3, -0.25) is 4.79 Å². The number of carbonyl (C=O) groups excluding carboxylic acids is 3. The van der Waals surface area contributed by atoms with Crippen LogP contribution < -0.4 is 16.0 Å². The van der Waals surface area contributed by atoms with Gasteiger partial charge >= 0.3 is 12.1 Å². The van der Waals surface area contributed by atoms with E-state index < -0.39 is 17.9 Å². The number of nitrogens with one attached hydrogen (secondary N) is 3. The van der Waals surface area contributed by atoms with E-state index in [-0.39, 0.29) is 18.0 Å². The number of benzene rings is 2. The van der Waals surface area contributed by atoms with Gasteiger partial charge in [0.05, 0.1) is 0 Å². The predicted octanol–water partition coefficient (Wildman–Crippen LogP) is 3.60. The number of halogens is 1. The highest BCUT2D eigenvalue weighted by atomic mass is 19.1. The molecule has 1 heterocycles. The summed E-state index contributed by atoms with van der Waals surface area (Å²) in [7, 11) is 0. The molecular formula is C26H34FN5O3. The molecule has 0 radical (unpaired) electrons. The summed E-state index contributed by atoms with van der Waals surface area (Å²) < 4.78 is 13.5. The van der Waals surface area contributed by atoms with Crippen LogP contribution in [-0.4, -0.2) is 66.0 Å². The molecule has 0 aliphatic carbocycles. The molecule has 1 saturated heterocycles. The number of rotatable bonds is 8. The molecule has 35 heavy (non-hydrogen) atoms. The quantitative estimate of drug-likeness (QED) is 0.501. The Hall–Kier alpha value is -3.62. The van der Waals surface area contributed by atoms with Crippen molar-refractivity contribution in [2.24, 2.45) is 0 Å². The van der Waals surface area contributed by atoms with E-state index in [0.29, 0.717) is 38.3 Å². The highest BCUT2D eigenvalue weighted by Crippen LogP contribution is 2.14. The number of carbonyl (C=O) groups is 3. The van der Waals surface area contributed by atoms with E-state index in [1.54, 1.807) is 15.9 Å². The molecule has 0 spiro atoms. The zero-order valence-electron chi connectivity index (χ0n) is 20.3. The van der Waals surface area contributed by atoms with Crippen molar-refractivity contribution < 1.29 is 18.8 Å². The van der Waals surface area contributed by atoms with E-state index in [9.17, 15) is 18.8 Å². The second-order valence-electron chi connectivity index (χ2n) is 8.76. The number of urea groups is 2. The molecule has 1 fully saturated rings. The summed E-state index contributed by atoms with van der Waals surface area (Å²) in [5.41, 5.74) is 1.20. The van der Waals surface area contributed by atoms with Crippen molar-refractivity contribution in [2.75, 3.05) is 31.5 Å². The van der Waals surface area contributed by atoms with Gasteiger partial charge in [-0.1, -0.05) is 49.7 Å². The molecule has 2 aromatic carbocycles. The van der Waals surface area contributed by atoms with Gasteiger partial charge in [0.1, 0.15) is 11.9 Å². The van der Waals surface area contributed by atoms with Crippen molar-refractivity contribution in [2.45, 2.75) is 45.2 Å². The Morgan fingerprint density at radius 3 is 2.54 bits per heavy atom. The lowest BCUT2D eigenvalue weighted by atomic mass is 10.0. The third-order valence-corrected chi connectivity index (χ3v) is 5.98. The summed E-state index contributed by atoms with van der Waals surface area (Å²) in [6, 6.07) is 13.3. The normalized spacial score (nSPS) is 16.4. The summed E-state index contributed by atoms with van der Waals surface area (Å²) in [5.74, 6) is -0.688. The minimum atomic E-state index is -0.817. The smallest absolute Gasteiger partial charge is 0.319 e. The highest BCUT2D eigenvalue weighted by molar-refractivity contribution is 5.94. The third-order valence-electron chi connectivity index (χ3n) is 5.98. The lowest BCUT2D eigenvalue weighted by Gasteiger charge is -2.41. The maximum atomic E-state index is 13.5. The van der Waals surface area contributed by atoms with Crippen LogP contribution in [0, 0.1) is 5.82 Å². The first-order valence-electron chi connectivity index (χ1n) is 12.1. The Balaban J connectivity index is 1.66. The van der Waals surface area contributed by atoms with Crippen molar-refractivity contribution in [3.8, 4) is 0 Å². The number of hydrogen-bond acceptors (Lipinski definition) is 3. The third kappa shape index (κ3) is 7.70. The summed E-state index contributed by atoms with van der Waals surface area (Å²) in [6.45, 7) is 5.77. The monoisotopic (exact) mass is 483 g/mol. The van der Waals surface area contributed by atoms with Gasteiger partial charge in [0.2, 0.25) is 5.91 Å². The number of amides is 5. The van der Waals surface area contributed by atoms with E-state index in [1.807, 2.05) is 37.3 Å². The molecular weight excluding hydrogens is 449 g/mol. The second kappa shape index (κ2) is 12.7. The van der Waals surface area contributed by atoms with Crippen molar-refractivity contribution >= 4 is 23.7 Å². The predicted molar refractivity (Wildman–Crippen MR) is 134 cm³/mol. The highest BCUT2D eigenvalue weighted by Gasteiger charge is 2.33. The Kier molecular flexibility index (Phi) is 9.46. The molecule has 2 aromatic rings. The topological polar surface area (TPSA) is 93.8 Å². The largest absolute Gasteiger partial charge is 0.338 e. The molecule has 188 valence electrons. The lowest BCUT2D eigenvalue weighted by molar-refractivity contribution is -0.135. The van der Waals surface area contributed by atoms with Crippen molar-refractivity contribution in [3.05, 3.63) is 66.0 Å². The van der Waals surface area contributed by atoms with E-state index in [0.717, 1.165) is 18.4 Å². The van der Waals surface area contributed by atoms with E-state index in [2.05, 4.69) is 22.9 Å². The van der Waals surface area contributed by atoms with Gasteiger partial charge in [0.25, 0.3) is 0 Å². The number of unbranched alkanes of at least 4 members (excludes halogenated alkanes) is 1. The fourth-order valence-electron chi connectivity index (χ4n) is 4.10. The molecule has 9 heteroatoms. The molecule has 0 bridgehead atoms. The molecule has 3 N–H and O–H groups in total. The maximum Gasteiger partial charge on any atom is 0.319 e. The van der Waals surface area contributed by atoms with Crippen LogP contribution in [0.25, 0.3) is 0 Å². The van der Waals surface area contributed by atoms with Gasteiger partial charge in [-0.15, -0.1) is 0 Å². The Labute approximate surface area is 205 Å². The van der Waals surface area contributed by atoms with Crippen LogP contribution in [0.1, 0.15) is 32.3 Å². The Morgan fingerprint density at radius 1 is 1.09 bits per heavy atom. The van der Waals surface area contributed by atoms with E-state index in [4.69, 9.17) is 0 Å². The SMILES string of the molecule is CCCCNC(=O)N1CCN(C(=O)C(Cc2ccccc2)NC(=O)Nc2cccc(F)c2)CC1C. The average Bonchev–Trinajstić information content (AvgIpc) is 2.84. The zero-order valence-corrected chi connectivity index (χ0v) is 20.3. The molecule has 1 aliphatic heterocycles. The van der Waals surface area contributed by atoms with Crippen LogP contribution in [-0.2, 0) is 11.2 Å². The molecule has 0 aromatic heterocycles. The second-order valence-corrected chi connectivity index (χ2v) is 8.76. The van der Waals surface area contributed by atoms with Gasteiger partial charge in [0.15, 0.2) is 0 Å². The van der Waals surface area contributed by atoms with Crippen molar-refractivity contribution in [3.63, 3.8) is 0 Å². The summed E-state index contributed by atoms with van der Waals surface area (Å²) in [5, 5.41) is 8.28. The molecule has 2 atom stereocenters. The molecule has 2 unspecified atom stereocenters. The number of piperazine rings is 1. The van der Waals surface area contributed by atoms with Crippen LogP contribution in [0.4, 0.5) is 19.7 Å². The molecule has 5 amide bonds. The first-order chi connectivity index (χ1) is 16.9. The maximum absolute atomic E-state index is 13.5. The fourth-order valence-corrected chi connectivity index (χ4v) is 4.10. The van der Waals surface area contributed by atoms with E-state index in [1.165, 1.54) is 18.2 Å². The minimum absolute atomic E-state index is 0.119. The van der Waals surface area contributed by atoms with Crippen LogP contribution in [0.2, 0.25) is 0 Å². The van der Waals surface area contributed by atoms with Crippen LogP contribution in [0.3, 0.4) is 0 Å². The van der Waals surface area contributed by atoms with Gasteiger partial charge < -0.3 is 25.8 Å². The summed E-state index contributed by atoms with van der Waals surface area (Å²) >= 11 is 0. The van der Waals surface area contributed by atoms with Gasteiger partial charge in [-0.25, -0.2) is 14.0 Å². The summed E-state index contributed by atoms with van der Waals surface area (Å²) in [4.78, 5) is 42.1. The molecule has 0 saturated carbocycles. The first kappa shape index (κ1) is 26.0. The lowest BCUT2D eigenvalue weighted by Crippen LogP contribution is -2.60. The minimum Gasteiger partial charge on any atom is -0.338 e. The van der Waals surface area contributed by atoms with Gasteiger partial charge in [-0.05, 0) is 37.1 Å². The van der Waals surface area contributed by atoms with Gasteiger partial charge in [0, 0.05) is 44.3 Å². The number of anilines is 1. The molecule has 8 nitrogen and oxygen atoms in total. The first-order valence-corrected chi connectivity index (χ1v) is 12.1. The fraction of sp³-hybridized carbons (Fsp3) is 0.423. The molecule has 1 aliphatic rings. The Morgan fingerprint density at radius 2 is 1.86 bits per heavy atom. The van der Waals surface area contributed by atoms with Crippen LogP contribution in [0.15, 0.2) is 54.6 Å². The van der Waals surface area contributed by atoms with Gasteiger partial charge in [-0.2, -0.15) is 0 Å². The van der Waals surface area contributed by atoms with Crippen LogP contribution >= 0.6 is 0 Å². The molecule has 3 rings (SSSR count). The Bertz CT molecular complexity index is 1000. The van der Waals surface area contributed by atoms with Crippen LogP contribution in [0.5, 0.6) is 0 Å².